The lowest BCUT2D eigenvalue weighted by atomic mass is 10.0. The number of carbonyl (C=O) groups is 2. The highest BCUT2D eigenvalue weighted by Crippen LogP contribution is 2.31. The van der Waals surface area contributed by atoms with Crippen LogP contribution in [-0.2, 0) is 4.79 Å². The number of hydrogen-bond acceptors (Lipinski definition) is 4. The van der Waals surface area contributed by atoms with Crippen LogP contribution in [0.4, 0.5) is 4.79 Å². The van der Waals surface area contributed by atoms with Gasteiger partial charge in [-0.05, 0) is 36.6 Å². The molecule has 2 fully saturated rings. The molecular formula is C15H17N3O3. The summed E-state index contributed by atoms with van der Waals surface area (Å²) in [4.78, 5) is 29.2. The van der Waals surface area contributed by atoms with Gasteiger partial charge in [0.1, 0.15) is 5.70 Å². The van der Waals surface area contributed by atoms with Crippen LogP contribution in [0.2, 0.25) is 0 Å². The van der Waals surface area contributed by atoms with E-state index in [0.717, 1.165) is 23.3 Å². The SMILES string of the molecule is O=C1N/C(=C\c2ccncc2)C(=O)N1CC1(O)CCCC1. The molecule has 21 heavy (non-hydrogen) atoms. The van der Waals surface area contributed by atoms with E-state index in [4.69, 9.17) is 0 Å². The molecule has 0 spiro atoms. The van der Waals surface area contributed by atoms with Gasteiger partial charge in [-0.15, -0.1) is 0 Å². The summed E-state index contributed by atoms with van der Waals surface area (Å²) in [5.74, 6) is -0.392. The average Bonchev–Trinajstić information content (AvgIpc) is 3.00. The molecule has 2 heterocycles. The maximum absolute atomic E-state index is 12.3. The first kappa shape index (κ1) is 13.8. The van der Waals surface area contributed by atoms with E-state index in [-0.39, 0.29) is 12.2 Å². The highest BCUT2D eigenvalue weighted by atomic mass is 16.3. The van der Waals surface area contributed by atoms with Gasteiger partial charge in [-0.1, -0.05) is 12.8 Å². The Morgan fingerprint density at radius 2 is 1.95 bits per heavy atom. The summed E-state index contributed by atoms with van der Waals surface area (Å²) in [5.41, 5.74) is 0.0851. The molecule has 3 amide bonds. The number of nitrogens with one attached hydrogen (secondary N) is 1. The Labute approximate surface area is 122 Å². The predicted octanol–water partition coefficient (Wildman–Crippen LogP) is 1.28. The molecule has 2 N–H and O–H groups in total. The van der Waals surface area contributed by atoms with Gasteiger partial charge in [0.05, 0.1) is 12.1 Å². The van der Waals surface area contributed by atoms with Crippen molar-refractivity contribution < 1.29 is 14.7 Å². The van der Waals surface area contributed by atoms with Crippen molar-refractivity contribution in [2.75, 3.05) is 6.54 Å². The van der Waals surface area contributed by atoms with Crippen LogP contribution in [0.3, 0.4) is 0 Å². The van der Waals surface area contributed by atoms with Crippen LogP contribution in [0.1, 0.15) is 31.2 Å². The third kappa shape index (κ3) is 2.80. The first-order valence-corrected chi connectivity index (χ1v) is 7.04. The number of aliphatic hydroxyl groups is 1. The normalized spacial score (nSPS) is 22.9. The second-order valence-corrected chi connectivity index (χ2v) is 5.59. The summed E-state index contributed by atoms with van der Waals surface area (Å²) < 4.78 is 0. The van der Waals surface area contributed by atoms with Gasteiger partial charge in [0, 0.05) is 12.4 Å². The molecule has 1 aliphatic carbocycles. The third-order valence-electron chi connectivity index (χ3n) is 3.97. The van der Waals surface area contributed by atoms with Gasteiger partial charge < -0.3 is 10.4 Å². The molecule has 110 valence electrons. The van der Waals surface area contributed by atoms with Crippen LogP contribution < -0.4 is 5.32 Å². The predicted molar refractivity (Wildman–Crippen MR) is 75.9 cm³/mol. The lowest BCUT2D eigenvalue weighted by molar-refractivity contribution is -0.125. The van der Waals surface area contributed by atoms with Crippen LogP contribution in [0.15, 0.2) is 30.2 Å². The van der Waals surface area contributed by atoms with Gasteiger partial charge in [0.25, 0.3) is 5.91 Å². The van der Waals surface area contributed by atoms with E-state index in [2.05, 4.69) is 10.3 Å². The molecule has 1 aromatic rings. The monoisotopic (exact) mass is 287 g/mol. The molecule has 6 heteroatoms. The molecule has 0 aromatic carbocycles. The molecule has 6 nitrogen and oxygen atoms in total. The van der Waals surface area contributed by atoms with Crippen molar-refractivity contribution in [3.8, 4) is 0 Å². The zero-order valence-corrected chi connectivity index (χ0v) is 11.6. The second kappa shape index (κ2) is 5.29. The number of urea groups is 1. The summed E-state index contributed by atoms with van der Waals surface area (Å²) in [6, 6.07) is 3.03. The molecule has 0 unspecified atom stereocenters. The van der Waals surface area contributed by atoms with Crippen molar-refractivity contribution in [1.82, 2.24) is 15.2 Å². The smallest absolute Gasteiger partial charge is 0.329 e. The zero-order valence-electron chi connectivity index (χ0n) is 11.6. The highest BCUT2D eigenvalue weighted by Gasteiger charge is 2.41. The quantitative estimate of drug-likeness (QED) is 0.648. The van der Waals surface area contributed by atoms with E-state index in [9.17, 15) is 14.7 Å². The number of carbonyl (C=O) groups excluding carboxylic acids is 2. The average molecular weight is 287 g/mol. The van der Waals surface area contributed by atoms with E-state index in [1.165, 1.54) is 0 Å². The first-order valence-electron chi connectivity index (χ1n) is 7.04. The summed E-state index contributed by atoms with van der Waals surface area (Å²) in [7, 11) is 0. The number of β-amino-alcohol motifs (C(OH)–C–C–N with tert-alkyl or cyclic N) is 1. The minimum atomic E-state index is -0.931. The van der Waals surface area contributed by atoms with Crippen LogP contribution in [0.5, 0.6) is 0 Å². The molecule has 0 atom stereocenters. The Bertz CT molecular complexity index is 591. The molecule has 2 aliphatic rings. The van der Waals surface area contributed by atoms with E-state index < -0.39 is 17.5 Å². The molecule has 1 saturated heterocycles. The van der Waals surface area contributed by atoms with Crippen LogP contribution in [0, 0.1) is 0 Å². The molecule has 1 aromatic heterocycles. The molecule has 1 aliphatic heterocycles. The maximum Gasteiger partial charge on any atom is 0.329 e. The molecule has 0 radical (unpaired) electrons. The molecule has 3 rings (SSSR count). The lowest BCUT2D eigenvalue weighted by Crippen LogP contribution is -2.44. The number of imide groups is 1. The third-order valence-corrected chi connectivity index (χ3v) is 3.97. The Hall–Kier alpha value is -2.21. The van der Waals surface area contributed by atoms with E-state index >= 15 is 0 Å². The number of pyridine rings is 1. The van der Waals surface area contributed by atoms with Crippen molar-refractivity contribution in [1.29, 1.82) is 0 Å². The second-order valence-electron chi connectivity index (χ2n) is 5.59. The van der Waals surface area contributed by atoms with Crippen molar-refractivity contribution in [2.24, 2.45) is 0 Å². The van der Waals surface area contributed by atoms with E-state index in [1.54, 1.807) is 30.6 Å². The summed E-state index contributed by atoms with van der Waals surface area (Å²) in [6.45, 7) is 0.0609. The van der Waals surface area contributed by atoms with Gasteiger partial charge in [-0.2, -0.15) is 0 Å². The fraction of sp³-hybridized carbons (Fsp3) is 0.400. The van der Waals surface area contributed by atoms with Crippen LogP contribution >= 0.6 is 0 Å². The van der Waals surface area contributed by atoms with Gasteiger partial charge in [0.15, 0.2) is 0 Å². The van der Waals surface area contributed by atoms with Crippen molar-refractivity contribution in [3.63, 3.8) is 0 Å². The Morgan fingerprint density at radius 1 is 1.29 bits per heavy atom. The van der Waals surface area contributed by atoms with Crippen molar-refractivity contribution in [2.45, 2.75) is 31.3 Å². The Balaban J connectivity index is 1.78. The van der Waals surface area contributed by atoms with E-state index in [0.29, 0.717) is 12.8 Å². The summed E-state index contributed by atoms with van der Waals surface area (Å²) in [6.07, 6.45) is 7.97. The molecule has 1 saturated carbocycles. The minimum Gasteiger partial charge on any atom is -0.388 e. The van der Waals surface area contributed by atoms with E-state index in [1.807, 2.05) is 0 Å². The number of hydrogen-bond donors (Lipinski definition) is 2. The van der Waals surface area contributed by atoms with Gasteiger partial charge in [-0.3, -0.25) is 14.7 Å². The van der Waals surface area contributed by atoms with Crippen molar-refractivity contribution in [3.05, 3.63) is 35.8 Å². The summed E-state index contributed by atoms with van der Waals surface area (Å²) in [5, 5.41) is 12.9. The van der Waals surface area contributed by atoms with Gasteiger partial charge in [-0.25, -0.2) is 4.79 Å². The maximum atomic E-state index is 12.3. The van der Waals surface area contributed by atoms with Crippen molar-refractivity contribution >= 4 is 18.0 Å². The van der Waals surface area contributed by atoms with Gasteiger partial charge >= 0.3 is 6.03 Å². The topological polar surface area (TPSA) is 82.5 Å². The largest absolute Gasteiger partial charge is 0.388 e. The van der Waals surface area contributed by atoms with Gasteiger partial charge in [0.2, 0.25) is 0 Å². The minimum absolute atomic E-state index is 0.0609. The Morgan fingerprint density at radius 3 is 2.62 bits per heavy atom. The van der Waals surface area contributed by atoms with Crippen LogP contribution in [-0.4, -0.2) is 39.1 Å². The zero-order chi connectivity index (χ0) is 14.9. The standard InChI is InChI=1S/C15H17N3O3/c19-13-12(9-11-3-7-16-8-4-11)17-14(20)18(13)10-15(21)5-1-2-6-15/h3-4,7-9,21H,1-2,5-6,10H2,(H,17,20)/b12-9-. The van der Waals surface area contributed by atoms with Crippen LogP contribution in [0.25, 0.3) is 6.08 Å². The highest BCUT2D eigenvalue weighted by molar-refractivity contribution is 6.14. The Kier molecular flexibility index (Phi) is 3.47. The molecule has 0 bridgehead atoms. The molecular weight excluding hydrogens is 270 g/mol. The number of rotatable bonds is 3. The summed E-state index contributed by atoms with van der Waals surface area (Å²) >= 11 is 0. The first-order chi connectivity index (χ1) is 10.1. The fourth-order valence-corrected chi connectivity index (χ4v) is 2.83. The fourth-order valence-electron chi connectivity index (χ4n) is 2.83. The number of nitrogens with zero attached hydrogens (tertiary/aromatic N) is 2. The lowest BCUT2D eigenvalue weighted by Gasteiger charge is -2.26. The number of aromatic nitrogens is 1. The number of amides is 3.